The van der Waals surface area contributed by atoms with Crippen LogP contribution in [-0.2, 0) is 18.9 Å². The van der Waals surface area contributed by atoms with Gasteiger partial charge in [0.25, 0.3) is 0 Å². The summed E-state index contributed by atoms with van der Waals surface area (Å²) in [6.07, 6.45) is 3.23. The highest BCUT2D eigenvalue weighted by Crippen LogP contribution is 2.51. The van der Waals surface area contributed by atoms with Gasteiger partial charge in [-0.25, -0.2) is 4.57 Å². The molecule has 0 atom stereocenters. The summed E-state index contributed by atoms with van der Waals surface area (Å²) in [6, 6.07) is 13.5. The van der Waals surface area contributed by atoms with Crippen LogP contribution in [0.1, 0.15) is 48.8 Å². The highest BCUT2D eigenvalue weighted by Gasteiger charge is 2.40. The van der Waals surface area contributed by atoms with E-state index < -0.39 is 0 Å². The zero-order chi connectivity index (χ0) is 18.6. The summed E-state index contributed by atoms with van der Waals surface area (Å²) >= 11 is 0. The highest BCUT2D eigenvalue weighted by molar-refractivity contribution is 5.87. The second kappa shape index (κ2) is 5.77. The number of pyridine rings is 2. The van der Waals surface area contributed by atoms with Crippen molar-refractivity contribution < 1.29 is 4.57 Å². The molecular formula is C24H27N2+. The van der Waals surface area contributed by atoms with Crippen LogP contribution in [0.2, 0.25) is 0 Å². The summed E-state index contributed by atoms with van der Waals surface area (Å²) < 4.78 is 2.25. The Morgan fingerprint density at radius 1 is 1.00 bits per heavy atom. The summed E-state index contributed by atoms with van der Waals surface area (Å²) in [5.41, 5.74) is 11.6. The second-order valence-corrected chi connectivity index (χ2v) is 8.04. The van der Waals surface area contributed by atoms with Gasteiger partial charge in [0.15, 0.2) is 6.20 Å². The molecule has 26 heavy (non-hydrogen) atoms. The van der Waals surface area contributed by atoms with Crippen LogP contribution in [0.15, 0.2) is 42.6 Å². The van der Waals surface area contributed by atoms with Crippen LogP contribution in [0.25, 0.3) is 22.4 Å². The Balaban J connectivity index is 2.08. The molecule has 0 bridgehead atoms. The Bertz CT molecular complexity index is 1030. The minimum atomic E-state index is -0.104. The van der Waals surface area contributed by atoms with Crippen molar-refractivity contribution in [3.05, 3.63) is 70.7 Å². The summed E-state index contributed by atoms with van der Waals surface area (Å²) in [5, 5.41) is 0. The van der Waals surface area contributed by atoms with Gasteiger partial charge in [-0.1, -0.05) is 39.0 Å². The lowest BCUT2D eigenvalue weighted by Crippen LogP contribution is -2.32. The van der Waals surface area contributed by atoms with Gasteiger partial charge in [-0.05, 0) is 48.6 Å². The monoisotopic (exact) mass is 343 g/mol. The fourth-order valence-corrected chi connectivity index (χ4v) is 4.36. The Hall–Kier alpha value is -2.48. The molecule has 2 heterocycles. The third-order valence-electron chi connectivity index (χ3n) is 5.83. The minimum Gasteiger partial charge on any atom is -0.257 e. The Morgan fingerprint density at radius 3 is 2.46 bits per heavy atom. The molecule has 1 aromatic carbocycles. The maximum absolute atomic E-state index is 4.94. The molecule has 0 N–H and O–H groups in total. The second-order valence-electron chi connectivity index (χ2n) is 8.04. The van der Waals surface area contributed by atoms with E-state index >= 15 is 0 Å². The Labute approximate surface area is 156 Å². The fraction of sp³-hybridized carbons (Fsp3) is 0.333. The number of hydrogen-bond acceptors (Lipinski definition) is 1. The molecule has 0 saturated carbocycles. The first kappa shape index (κ1) is 17.0. The van der Waals surface area contributed by atoms with Gasteiger partial charge in [0.2, 0.25) is 5.69 Å². The van der Waals surface area contributed by atoms with E-state index in [0.29, 0.717) is 0 Å². The Morgan fingerprint density at radius 2 is 1.73 bits per heavy atom. The quantitative estimate of drug-likeness (QED) is 0.594. The molecule has 132 valence electrons. The summed E-state index contributed by atoms with van der Waals surface area (Å²) in [7, 11) is 2.14. The zero-order valence-corrected chi connectivity index (χ0v) is 16.6. The van der Waals surface area contributed by atoms with Crippen LogP contribution in [-0.4, -0.2) is 4.98 Å². The molecule has 0 radical (unpaired) electrons. The van der Waals surface area contributed by atoms with Crippen molar-refractivity contribution in [2.45, 2.75) is 46.5 Å². The maximum Gasteiger partial charge on any atom is 0.213 e. The molecule has 0 fully saturated rings. The van der Waals surface area contributed by atoms with E-state index in [1.54, 1.807) is 0 Å². The first-order chi connectivity index (χ1) is 12.3. The van der Waals surface area contributed by atoms with Crippen molar-refractivity contribution in [1.82, 2.24) is 4.98 Å². The molecule has 0 unspecified atom stereocenters. The van der Waals surface area contributed by atoms with Crippen molar-refractivity contribution in [2.24, 2.45) is 7.05 Å². The molecule has 0 saturated heterocycles. The standard InChI is InChI=1S/C24H27N2/c1-7-17-12-13-26(6)20(14-17)21-15(2)8-10-18-19-11-9-16(3)25-23(19)24(4,5)22(18)21/h8-14H,7H2,1-6H3/q+1. The van der Waals surface area contributed by atoms with Crippen LogP contribution in [0.5, 0.6) is 0 Å². The lowest BCUT2D eigenvalue weighted by molar-refractivity contribution is -0.660. The van der Waals surface area contributed by atoms with Gasteiger partial charge in [0.1, 0.15) is 7.05 Å². The van der Waals surface area contributed by atoms with Crippen molar-refractivity contribution in [1.29, 1.82) is 0 Å². The first-order valence-corrected chi connectivity index (χ1v) is 9.46. The van der Waals surface area contributed by atoms with Gasteiger partial charge in [-0.3, -0.25) is 4.98 Å². The molecule has 0 spiro atoms. The summed E-state index contributed by atoms with van der Waals surface area (Å²) in [4.78, 5) is 4.94. The molecule has 1 aliphatic carbocycles. The van der Waals surface area contributed by atoms with E-state index in [1.165, 1.54) is 44.8 Å². The van der Waals surface area contributed by atoms with E-state index in [-0.39, 0.29) is 5.41 Å². The molecule has 2 nitrogen and oxygen atoms in total. The largest absolute Gasteiger partial charge is 0.257 e. The van der Waals surface area contributed by atoms with Crippen LogP contribution >= 0.6 is 0 Å². The molecule has 3 aromatic rings. The number of aryl methyl sites for hydroxylation is 4. The van der Waals surface area contributed by atoms with E-state index in [9.17, 15) is 0 Å². The lowest BCUT2D eigenvalue weighted by Gasteiger charge is -2.24. The van der Waals surface area contributed by atoms with Crippen molar-refractivity contribution >= 4 is 0 Å². The van der Waals surface area contributed by atoms with Gasteiger partial charge in [-0.15, -0.1) is 0 Å². The molecule has 0 aliphatic heterocycles. The number of rotatable bonds is 2. The smallest absolute Gasteiger partial charge is 0.213 e. The molecule has 1 aliphatic rings. The van der Waals surface area contributed by atoms with Gasteiger partial charge in [0, 0.05) is 28.8 Å². The van der Waals surface area contributed by atoms with E-state index in [4.69, 9.17) is 4.98 Å². The average Bonchev–Trinajstić information content (AvgIpc) is 2.83. The number of nitrogens with zero attached hydrogens (tertiary/aromatic N) is 2. The molecule has 0 amide bonds. The first-order valence-electron chi connectivity index (χ1n) is 9.46. The number of aromatic nitrogens is 2. The summed E-state index contributed by atoms with van der Waals surface area (Å²) in [6.45, 7) is 11.2. The van der Waals surface area contributed by atoms with Gasteiger partial charge < -0.3 is 0 Å². The third kappa shape index (κ3) is 2.32. The topological polar surface area (TPSA) is 16.8 Å². The van der Waals surface area contributed by atoms with Crippen molar-refractivity contribution in [2.75, 3.05) is 0 Å². The van der Waals surface area contributed by atoms with Gasteiger partial charge in [-0.2, -0.15) is 0 Å². The van der Waals surface area contributed by atoms with Crippen molar-refractivity contribution in [3.63, 3.8) is 0 Å². The van der Waals surface area contributed by atoms with Crippen LogP contribution in [0.3, 0.4) is 0 Å². The third-order valence-corrected chi connectivity index (χ3v) is 5.83. The molecule has 4 rings (SSSR count). The number of hydrogen-bond donors (Lipinski definition) is 0. The fourth-order valence-electron chi connectivity index (χ4n) is 4.36. The van der Waals surface area contributed by atoms with Crippen LogP contribution in [0, 0.1) is 13.8 Å². The molecule has 2 heteroatoms. The highest BCUT2D eigenvalue weighted by atomic mass is 14.9. The van der Waals surface area contributed by atoms with Gasteiger partial charge >= 0.3 is 0 Å². The summed E-state index contributed by atoms with van der Waals surface area (Å²) in [5.74, 6) is 0. The predicted octanol–water partition coefficient (Wildman–Crippen LogP) is 5.06. The van der Waals surface area contributed by atoms with Gasteiger partial charge in [0.05, 0.1) is 11.3 Å². The zero-order valence-electron chi connectivity index (χ0n) is 16.6. The lowest BCUT2D eigenvalue weighted by atomic mass is 9.80. The average molecular weight is 343 g/mol. The van der Waals surface area contributed by atoms with E-state index in [1.807, 2.05) is 0 Å². The normalized spacial score (nSPS) is 14.2. The predicted molar refractivity (Wildman–Crippen MR) is 107 cm³/mol. The maximum atomic E-state index is 4.94. The van der Waals surface area contributed by atoms with E-state index in [0.717, 1.165) is 12.1 Å². The van der Waals surface area contributed by atoms with E-state index in [2.05, 4.69) is 88.8 Å². The molecule has 2 aromatic heterocycles. The van der Waals surface area contributed by atoms with Crippen LogP contribution in [0.4, 0.5) is 0 Å². The Kier molecular flexibility index (Phi) is 3.76. The molecular weight excluding hydrogens is 316 g/mol. The number of fused-ring (bicyclic) bond motifs is 3. The minimum absolute atomic E-state index is 0.104. The van der Waals surface area contributed by atoms with Crippen molar-refractivity contribution in [3.8, 4) is 22.4 Å². The van der Waals surface area contributed by atoms with Crippen LogP contribution < -0.4 is 4.57 Å². The SMILES string of the molecule is CCc1cc[n+](C)c(-c2c(C)ccc3c2C(C)(C)c2nc(C)ccc2-3)c1. The number of benzene rings is 1.